The van der Waals surface area contributed by atoms with E-state index in [0.717, 1.165) is 10.6 Å². The monoisotopic (exact) mass is 474 g/mol. The predicted octanol–water partition coefficient (Wildman–Crippen LogP) is 4.93. The number of aromatic nitrogens is 3. The van der Waals surface area contributed by atoms with Crippen LogP contribution in [0.1, 0.15) is 0 Å². The van der Waals surface area contributed by atoms with Gasteiger partial charge in [-0.1, -0.05) is 66.4 Å². The van der Waals surface area contributed by atoms with Crippen LogP contribution in [-0.4, -0.2) is 42.8 Å². The molecule has 5 rings (SSSR count). The van der Waals surface area contributed by atoms with E-state index < -0.39 is 0 Å². The quantitative estimate of drug-likeness (QED) is 0.403. The zero-order chi connectivity index (χ0) is 22.8. The number of allylic oxidation sites excluding steroid dienone is 3. The Hall–Kier alpha value is -3.23. The lowest BCUT2D eigenvalue weighted by Crippen LogP contribution is -2.48. The highest BCUT2D eigenvalue weighted by molar-refractivity contribution is 8.00. The van der Waals surface area contributed by atoms with Crippen LogP contribution >= 0.6 is 23.5 Å². The van der Waals surface area contributed by atoms with Crippen LogP contribution in [0.15, 0.2) is 95.5 Å². The lowest BCUT2D eigenvalue weighted by Gasteiger charge is -2.40. The van der Waals surface area contributed by atoms with Gasteiger partial charge in [0.05, 0.1) is 28.3 Å². The van der Waals surface area contributed by atoms with Crippen molar-refractivity contribution in [1.82, 2.24) is 14.8 Å². The maximum Gasteiger partial charge on any atom is 0.238 e. The van der Waals surface area contributed by atoms with Crippen LogP contribution in [0.2, 0.25) is 0 Å². The third kappa shape index (κ3) is 4.12. The highest BCUT2D eigenvalue weighted by atomic mass is 32.2. The smallest absolute Gasteiger partial charge is 0.238 e. The molecule has 1 aromatic heterocycles. The summed E-state index contributed by atoms with van der Waals surface area (Å²) in [6.07, 6.45) is 10.0. The second kappa shape index (κ2) is 9.33. The standard InChI is InChI=1S/C25H22N4O2S2/c1-2-15-28-24(17-9-3-6-12-20(17)30)26-27-25(28)32-16-23(31)29-18-10-4-7-13-21(18)33-22-14-8-5-11-19(22)29/h2-14,18,21,30H,1,15-16H2/t18-,21-/m1/s1. The van der Waals surface area contributed by atoms with E-state index in [1.807, 2.05) is 45.9 Å². The molecule has 0 radical (unpaired) electrons. The summed E-state index contributed by atoms with van der Waals surface area (Å²) >= 11 is 3.13. The number of aromatic hydroxyl groups is 1. The van der Waals surface area contributed by atoms with Crippen molar-refractivity contribution in [2.45, 2.75) is 27.9 Å². The van der Waals surface area contributed by atoms with E-state index in [-0.39, 0.29) is 28.7 Å². The zero-order valence-corrected chi connectivity index (χ0v) is 19.4. The lowest BCUT2D eigenvalue weighted by molar-refractivity contribution is -0.116. The topological polar surface area (TPSA) is 71.2 Å². The third-order valence-corrected chi connectivity index (χ3v) is 7.77. The Labute approximate surface area is 200 Å². The van der Waals surface area contributed by atoms with Gasteiger partial charge in [-0.2, -0.15) is 0 Å². The van der Waals surface area contributed by atoms with Gasteiger partial charge in [-0.05, 0) is 24.3 Å². The maximum absolute atomic E-state index is 13.5. The largest absolute Gasteiger partial charge is 0.507 e. The van der Waals surface area contributed by atoms with Gasteiger partial charge in [0.15, 0.2) is 11.0 Å². The van der Waals surface area contributed by atoms with E-state index in [0.29, 0.717) is 23.1 Å². The van der Waals surface area contributed by atoms with Gasteiger partial charge >= 0.3 is 0 Å². The molecular weight excluding hydrogens is 452 g/mol. The summed E-state index contributed by atoms with van der Waals surface area (Å²) in [5.74, 6) is 0.909. The van der Waals surface area contributed by atoms with Gasteiger partial charge in [-0.15, -0.1) is 28.5 Å². The van der Waals surface area contributed by atoms with Crippen LogP contribution in [0, 0.1) is 0 Å². The van der Waals surface area contributed by atoms with Crippen LogP contribution in [0.25, 0.3) is 11.4 Å². The van der Waals surface area contributed by atoms with Crippen molar-refractivity contribution in [2.24, 2.45) is 0 Å². The Kier molecular flexibility index (Phi) is 6.11. The van der Waals surface area contributed by atoms with Gasteiger partial charge in [-0.3, -0.25) is 9.36 Å². The molecule has 0 saturated carbocycles. The molecule has 6 nitrogen and oxygen atoms in total. The van der Waals surface area contributed by atoms with Gasteiger partial charge in [0.2, 0.25) is 5.91 Å². The molecule has 2 aliphatic rings. The number of fused-ring (bicyclic) bond motifs is 2. The van der Waals surface area contributed by atoms with E-state index in [1.165, 1.54) is 11.8 Å². The van der Waals surface area contributed by atoms with Crippen molar-refractivity contribution in [3.05, 3.63) is 85.5 Å². The number of nitrogens with zero attached hydrogens (tertiary/aromatic N) is 4. The van der Waals surface area contributed by atoms with Crippen LogP contribution in [-0.2, 0) is 11.3 Å². The number of anilines is 1. The molecular formula is C25H22N4O2S2. The first kappa shape index (κ1) is 21.6. The molecule has 1 N–H and O–H groups in total. The summed E-state index contributed by atoms with van der Waals surface area (Å²) in [5.41, 5.74) is 1.53. The normalized spacial score (nSPS) is 18.6. The molecule has 2 heterocycles. The first-order valence-corrected chi connectivity index (χ1v) is 12.4. The molecule has 0 spiro atoms. The summed E-state index contributed by atoms with van der Waals surface area (Å²) < 4.78 is 1.87. The van der Waals surface area contributed by atoms with Gasteiger partial charge in [0, 0.05) is 11.4 Å². The molecule has 0 unspecified atom stereocenters. The average Bonchev–Trinajstić information content (AvgIpc) is 3.23. The molecule has 3 aromatic rings. The van der Waals surface area contributed by atoms with E-state index in [1.54, 1.807) is 36.0 Å². The number of amides is 1. The van der Waals surface area contributed by atoms with E-state index in [2.05, 4.69) is 35.0 Å². The number of hydrogen-bond acceptors (Lipinski definition) is 6. The van der Waals surface area contributed by atoms with E-state index in [4.69, 9.17) is 0 Å². The summed E-state index contributed by atoms with van der Waals surface area (Å²) in [7, 11) is 0. The summed E-state index contributed by atoms with van der Waals surface area (Å²) in [5, 5.41) is 19.7. The second-order valence-corrected chi connectivity index (χ2v) is 9.75. The summed E-state index contributed by atoms with van der Waals surface area (Å²) in [4.78, 5) is 16.5. The molecule has 2 aromatic carbocycles. The first-order chi connectivity index (χ1) is 16.2. The van der Waals surface area contributed by atoms with Crippen LogP contribution in [0.5, 0.6) is 5.75 Å². The SMILES string of the molecule is C=CCn1c(SCC(=O)N2c3ccccc3S[C@@H]3C=CC=C[C@H]32)nnc1-c1ccccc1O. The third-order valence-electron chi connectivity index (χ3n) is 5.51. The molecule has 1 amide bonds. The van der Waals surface area contributed by atoms with E-state index in [9.17, 15) is 9.90 Å². The fourth-order valence-corrected chi connectivity index (χ4v) is 6.09. The molecule has 0 bridgehead atoms. The Morgan fingerprint density at radius 3 is 2.76 bits per heavy atom. The van der Waals surface area contributed by atoms with Crippen molar-refractivity contribution >= 4 is 35.1 Å². The minimum atomic E-state index is -0.0223. The molecule has 33 heavy (non-hydrogen) atoms. The fraction of sp³-hybridized carbons (Fsp3) is 0.160. The average molecular weight is 475 g/mol. The molecule has 2 atom stereocenters. The number of carbonyl (C=O) groups is 1. The number of phenols is 1. The molecule has 166 valence electrons. The van der Waals surface area contributed by atoms with Gasteiger partial charge in [-0.25, -0.2) is 0 Å². The van der Waals surface area contributed by atoms with E-state index >= 15 is 0 Å². The Bertz CT molecular complexity index is 1270. The lowest BCUT2D eigenvalue weighted by atomic mass is 10.0. The molecule has 1 aliphatic carbocycles. The highest BCUT2D eigenvalue weighted by Crippen LogP contribution is 2.43. The maximum atomic E-state index is 13.5. The van der Waals surface area contributed by atoms with Crippen molar-refractivity contribution in [3.63, 3.8) is 0 Å². The number of para-hydroxylation sites is 2. The number of benzene rings is 2. The number of hydrogen-bond donors (Lipinski definition) is 1. The summed E-state index contributed by atoms with van der Waals surface area (Å²) in [6, 6.07) is 15.0. The van der Waals surface area contributed by atoms with Crippen molar-refractivity contribution < 1.29 is 9.90 Å². The van der Waals surface area contributed by atoms with Crippen molar-refractivity contribution in [1.29, 1.82) is 0 Å². The Morgan fingerprint density at radius 1 is 1.12 bits per heavy atom. The van der Waals surface area contributed by atoms with Crippen LogP contribution in [0.3, 0.4) is 0 Å². The summed E-state index contributed by atoms with van der Waals surface area (Å²) in [6.45, 7) is 4.30. The minimum absolute atomic E-state index is 0.0139. The fourth-order valence-electron chi connectivity index (χ4n) is 4.03. The van der Waals surface area contributed by atoms with Crippen LogP contribution < -0.4 is 4.90 Å². The highest BCUT2D eigenvalue weighted by Gasteiger charge is 2.36. The predicted molar refractivity (Wildman–Crippen MR) is 134 cm³/mol. The van der Waals surface area contributed by atoms with Gasteiger partial charge in [0.1, 0.15) is 5.75 Å². The minimum Gasteiger partial charge on any atom is -0.507 e. The first-order valence-electron chi connectivity index (χ1n) is 10.6. The van der Waals surface area contributed by atoms with Gasteiger partial charge < -0.3 is 10.0 Å². The number of phenolic OH excluding ortho intramolecular Hbond substituents is 1. The molecule has 8 heteroatoms. The van der Waals surface area contributed by atoms with Crippen LogP contribution in [0.4, 0.5) is 5.69 Å². The van der Waals surface area contributed by atoms with Crippen molar-refractivity contribution in [3.8, 4) is 17.1 Å². The number of carbonyl (C=O) groups excluding carboxylic acids is 1. The molecule has 0 fully saturated rings. The Morgan fingerprint density at radius 2 is 1.91 bits per heavy atom. The second-order valence-electron chi connectivity index (χ2n) is 7.59. The van der Waals surface area contributed by atoms with Crippen molar-refractivity contribution in [2.75, 3.05) is 10.7 Å². The number of rotatable bonds is 6. The van der Waals surface area contributed by atoms with Gasteiger partial charge in [0.25, 0.3) is 0 Å². The Balaban J connectivity index is 1.41. The number of thioether (sulfide) groups is 2. The molecule has 0 saturated heterocycles. The zero-order valence-electron chi connectivity index (χ0n) is 17.7. The molecule has 1 aliphatic heterocycles.